The molecular weight excluding hydrogens is 318 g/mol. The molecule has 2 rings (SSSR count). The Bertz CT molecular complexity index is 675. The second kappa shape index (κ2) is 7.29. The van der Waals surface area contributed by atoms with Gasteiger partial charge < -0.3 is 15.8 Å². The Hall–Kier alpha value is -1.64. The number of hydrogen-bond donors (Lipinski definition) is 3. The molecule has 0 saturated heterocycles. The van der Waals surface area contributed by atoms with Crippen molar-refractivity contribution in [2.45, 2.75) is 30.2 Å². The fourth-order valence-corrected chi connectivity index (χ4v) is 3.82. The van der Waals surface area contributed by atoms with Crippen molar-refractivity contribution in [2.75, 3.05) is 20.7 Å². The normalized spacial score (nSPS) is 21.2. The van der Waals surface area contributed by atoms with E-state index in [1.807, 2.05) is 0 Å². The number of rotatable bonds is 6. The molecule has 8 heteroatoms. The monoisotopic (exact) mass is 341 g/mol. The summed E-state index contributed by atoms with van der Waals surface area (Å²) in [6.45, 7) is 0.535. The molecular formula is C15H23N3O4S. The van der Waals surface area contributed by atoms with E-state index in [-0.39, 0.29) is 34.1 Å². The van der Waals surface area contributed by atoms with Crippen molar-refractivity contribution in [2.24, 2.45) is 11.7 Å². The van der Waals surface area contributed by atoms with Gasteiger partial charge in [-0.1, -0.05) is 6.42 Å². The van der Waals surface area contributed by atoms with Gasteiger partial charge in [0.15, 0.2) is 0 Å². The van der Waals surface area contributed by atoms with Crippen molar-refractivity contribution in [3.63, 3.8) is 0 Å². The molecule has 1 fully saturated rings. The SMILES string of the molecule is CNS(=O)(=O)c1cc(C(=O)NC2CCCC2CN)ccc1OC. The third-order valence-electron chi connectivity index (χ3n) is 4.26. The Morgan fingerprint density at radius 1 is 1.39 bits per heavy atom. The first-order valence-electron chi connectivity index (χ1n) is 7.55. The van der Waals surface area contributed by atoms with Crippen LogP contribution in [0.25, 0.3) is 0 Å². The Labute approximate surface area is 136 Å². The third-order valence-corrected chi connectivity index (χ3v) is 5.70. The zero-order valence-electron chi connectivity index (χ0n) is 13.3. The predicted octanol–water partition coefficient (Wildman–Crippen LogP) is 0.461. The number of sulfonamides is 1. The average molecular weight is 341 g/mol. The van der Waals surface area contributed by atoms with Gasteiger partial charge in [-0.25, -0.2) is 13.1 Å². The number of amides is 1. The van der Waals surface area contributed by atoms with E-state index in [0.717, 1.165) is 19.3 Å². The van der Waals surface area contributed by atoms with E-state index in [1.165, 1.54) is 26.3 Å². The number of carbonyl (C=O) groups is 1. The summed E-state index contributed by atoms with van der Waals surface area (Å²) in [5.74, 6) is 0.167. The van der Waals surface area contributed by atoms with Gasteiger partial charge in [-0.15, -0.1) is 0 Å². The van der Waals surface area contributed by atoms with E-state index in [4.69, 9.17) is 10.5 Å². The minimum atomic E-state index is -3.71. The zero-order valence-corrected chi connectivity index (χ0v) is 14.2. The summed E-state index contributed by atoms with van der Waals surface area (Å²) in [4.78, 5) is 12.4. The highest BCUT2D eigenvalue weighted by atomic mass is 32.2. The van der Waals surface area contributed by atoms with Crippen molar-refractivity contribution in [3.8, 4) is 5.75 Å². The number of methoxy groups -OCH3 is 1. The van der Waals surface area contributed by atoms with Crippen molar-refractivity contribution in [1.82, 2.24) is 10.0 Å². The molecule has 1 saturated carbocycles. The third kappa shape index (κ3) is 3.82. The van der Waals surface area contributed by atoms with E-state index in [9.17, 15) is 13.2 Å². The molecule has 0 heterocycles. The first-order chi connectivity index (χ1) is 10.9. The molecule has 128 valence electrons. The number of carbonyl (C=O) groups excluding carboxylic acids is 1. The second-order valence-corrected chi connectivity index (χ2v) is 7.43. The smallest absolute Gasteiger partial charge is 0.251 e. The molecule has 23 heavy (non-hydrogen) atoms. The maximum Gasteiger partial charge on any atom is 0.251 e. The lowest BCUT2D eigenvalue weighted by Gasteiger charge is -2.20. The van der Waals surface area contributed by atoms with Crippen molar-refractivity contribution < 1.29 is 17.9 Å². The topological polar surface area (TPSA) is 111 Å². The van der Waals surface area contributed by atoms with E-state index < -0.39 is 10.0 Å². The van der Waals surface area contributed by atoms with Crippen LogP contribution in [0, 0.1) is 5.92 Å². The van der Waals surface area contributed by atoms with E-state index >= 15 is 0 Å². The van der Waals surface area contributed by atoms with E-state index in [1.54, 1.807) is 6.07 Å². The molecule has 1 aliphatic rings. The number of benzene rings is 1. The van der Waals surface area contributed by atoms with Crippen LogP contribution in [0.3, 0.4) is 0 Å². The summed E-state index contributed by atoms with van der Waals surface area (Å²) >= 11 is 0. The van der Waals surface area contributed by atoms with Gasteiger partial charge >= 0.3 is 0 Å². The summed E-state index contributed by atoms with van der Waals surface area (Å²) in [5.41, 5.74) is 6.00. The molecule has 0 bridgehead atoms. The lowest BCUT2D eigenvalue weighted by molar-refractivity contribution is 0.0928. The maximum absolute atomic E-state index is 12.4. The largest absolute Gasteiger partial charge is 0.495 e. The fraction of sp³-hybridized carbons (Fsp3) is 0.533. The van der Waals surface area contributed by atoms with Gasteiger partial charge in [0.25, 0.3) is 5.91 Å². The molecule has 1 amide bonds. The van der Waals surface area contributed by atoms with Gasteiger partial charge in [-0.05, 0) is 50.6 Å². The molecule has 0 aliphatic heterocycles. The van der Waals surface area contributed by atoms with Gasteiger partial charge in [-0.2, -0.15) is 0 Å². The Kier molecular flexibility index (Phi) is 5.61. The van der Waals surface area contributed by atoms with Crippen LogP contribution in [-0.2, 0) is 10.0 Å². The Morgan fingerprint density at radius 2 is 2.13 bits per heavy atom. The lowest BCUT2D eigenvalue weighted by atomic mass is 10.0. The highest BCUT2D eigenvalue weighted by Gasteiger charge is 2.28. The lowest BCUT2D eigenvalue weighted by Crippen LogP contribution is -2.39. The molecule has 2 atom stereocenters. The highest BCUT2D eigenvalue weighted by molar-refractivity contribution is 7.89. The van der Waals surface area contributed by atoms with E-state index in [0.29, 0.717) is 6.54 Å². The number of nitrogens with two attached hydrogens (primary N) is 1. The Balaban J connectivity index is 2.26. The molecule has 0 radical (unpaired) electrons. The van der Waals surface area contributed by atoms with Gasteiger partial charge in [-0.3, -0.25) is 4.79 Å². The molecule has 1 aromatic rings. The predicted molar refractivity (Wildman–Crippen MR) is 86.9 cm³/mol. The molecule has 0 aromatic heterocycles. The molecule has 7 nitrogen and oxygen atoms in total. The Morgan fingerprint density at radius 3 is 2.74 bits per heavy atom. The summed E-state index contributed by atoms with van der Waals surface area (Å²) in [7, 11) is -1.02. The minimum absolute atomic E-state index is 0.0407. The van der Waals surface area contributed by atoms with E-state index in [2.05, 4.69) is 10.0 Å². The van der Waals surface area contributed by atoms with Crippen LogP contribution >= 0.6 is 0 Å². The zero-order chi connectivity index (χ0) is 17.0. The standard InChI is InChI=1S/C15H23N3O4S/c1-17-23(20,21)14-8-10(6-7-13(14)22-2)15(19)18-12-5-3-4-11(12)9-16/h6-8,11-12,17H,3-5,9,16H2,1-2H3,(H,18,19). The first-order valence-corrected chi connectivity index (χ1v) is 9.03. The summed E-state index contributed by atoms with van der Waals surface area (Å²) in [5, 5.41) is 2.96. The van der Waals surface area contributed by atoms with Crippen LogP contribution in [0.5, 0.6) is 5.75 Å². The van der Waals surface area contributed by atoms with Crippen molar-refractivity contribution in [1.29, 1.82) is 0 Å². The van der Waals surface area contributed by atoms with Crippen LogP contribution in [0.1, 0.15) is 29.6 Å². The summed E-state index contributed by atoms with van der Waals surface area (Å²) < 4.78 is 31.4. The fourth-order valence-electron chi connectivity index (χ4n) is 2.90. The maximum atomic E-state index is 12.4. The summed E-state index contributed by atoms with van der Waals surface area (Å²) in [6, 6.07) is 4.40. The number of ether oxygens (including phenoxy) is 1. The van der Waals surface area contributed by atoms with Crippen LogP contribution < -0.4 is 20.5 Å². The highest BCUT2D eigenvalue weighted by Crippen LogP contribution is 2.27. The molecule has 1 aromatic carbocycles. The van der Waals surface area contributed by atoms with Crippen molar-refractivity contribution >= 4 is 15.9 Å². The quantitative estimate of drug-likeness (QED) is 0.696. The van der Waals surface area contributed by atoms with Crippen LogP contribution in [0.15, 0.2) is 23.1 Å². The van der Waals surface area contributed by atoms with Crippen molar-refractivity contribution in [3.05, 3.63) is 23.8 Å². The molecule has 0 spiro atoms. The van der Waals surface area contributed by atoms with Gasteiger partial charge in [0, 0.05) is 11.6 Å². The molecule has 4 N–H and O–H groups in total. The molecule has 1 aliphatic carbocycles. The second-order valence-electron chi connectivity index (χ2n) is 5.58. The minimum Gasteiger partial charge on any atom is -0.495 e. The van der Waals surface area contributed by atoms with Gasteiger partial charge in [0.2, 0.25) is 10.0 Å². The van der Waals surface area contributed by atoms with Gasteiger partial charge in [0.1, 0.15) is 10.6 Å². The summed E-state index contributed by atoms with van der Waals surface area (Å²) in [6.07, 6.45) is 2.93. The average Bonchev–Trinajstić information content (AvgIpc) is 3.01. The number of nitrogens with one attached hydrogen (secondary N) is 2. The van der Waals surface area contributed by atoms with Crippen LogP contribution in [0.2, 0.25) is 0 Å². The number of hydrogen-bond acceptors (Lipinski definition) is 5. The van der Waals surface area contributed by atoms with Crippen LogP contribution in [0.4, 0.5) is 0 Å². The van der Waals surface area contributed by atoms with Crippen LogP contribution in [-0.4, -0.2) is 41.1 Å². The molecule has 2 unspecified atom stereocenters. The van der Waals surface area contributed by atoms with Gasteiger partial charge in [0.05, 0.1) is 7.11 Å². The first kappa shape index (κ1) is 17.7.